The van der Waals surface area contributed by atoms with Crippen molar-refractivity contribution >= 4 is 5.91 Å². The minimum atomic E-state index is -0.651. The van der Waals surface area contributed by atoms with Gasteiger partial charge in [0.2, 0.25) is 5.91 Å². The normalized spacial score (nSPS) is 30.0. The van der Waals surface area contributed by atoms with Gasteiger partial charge in [0.15, 0.2) is 0 Å². The lowest BCUT2D eigenvalue weighted by molar-refractivity contribution is -0.132. The van der Waals surface area contributed by atoms with Crippen molar-refractivity contribution in [2.24, 2.45) is 11.1 Å². The molecule has 1 aliphatic heterocycles. The number of likely N-dealkylation sites (tertiary alicyclic amines) is 1. The maximum absolute atomic E-state index is 12.3. The van der Waals surface area contributed by atoms with Crippen LogP contribution in [0.3, 0.4) is 0 Å². The molecule has 3 rings (SSSR count). The van der Waals surface area contributed by atoms with E-state index in [4.69, 9.17) is 5.73 Å². The number of carbonyl (C=O) groups is 1. The number of rotatable bonds is 2. The summed E-state index contributed by atoms with van der Waals surface area (Å²) in [6.45, 7) is 3.41. The standard InChI is InChI=1S/C14H18N2O/c1-13(15)12(17)16(10-14(13)7-8-14)9-11-5-3-2-4-6-11/h2-6H,7-10,15H2,1H3. The van der Waals surface area contributed by atoms with Crippen LogP contribution in [0.2, 0.25) is 0 Å². The molecular weight excluding hydrogens is 212 g/mol. The van der Waals surface area contributed by atoms with Crippen LogP contribution in [-0.4, -0.2) is 22.9 Å². The molecule has 2 fully saturated rings. The number of amides is 1. The molecule has 90 valence electrons. The first-order valence-corrected chi connectivity index (χ1v) is 6.17. The van der Waals surface area contributed by atoms with Crippen LogP contribution in [0.25, 0.3) is 0 Å². The molecule has 1 saturated heterocycles. The van der Waals surface area contributed by atoms with Gasteiger partial charge in [-0.2, -0.15) is 0 Å². The first-order valence-electron chi connectivity index (χ1n) is 6.17. The maximum Gasteiger partial charge on any atom is 0.243 e. The topological polar surface area (TPSA) is 46.3 Å². The van der Waals surface area contributed by atoms with Crippen LogP contribution >= 0.6 is 0 Å². The Balaban J connectivity index is 1.81. The maximum atomic E-state index is 12.3. The molecule has 3 nitrogen and oxygen atoms in total. The highest BCUT2D eigenvalue weighted by atomic mass is 16.2. The molecule has 1 unspecified atom stereocenters. The lowest BCUT2D eigenvalue weighted by Crippen LogP contribution is -2.49. The van der Waals surface area contributed by atoms with Gasteiger partial charge in [0, 0.05) is 18.5 Å². The summed E-state index contributed by atoms with van der Waals surface area (Å²) in [7, 11) is 0. The quantitative estimate of drug-likeness (QED) is 0.837. The van der Waals surface area contributed by atoms with E-state index in [1.54, 1.807) is 0 Å². The smallest absolute Gasteiger partial charge is 0.243 e. The van der Waals surface area contributed by atoms with Crippen LogP contribution in [0.15, 0.2) is 30.3 Å². The fourth-order valence-electron chi connectivity index (χ4n) is 2.92. The van der Waals surface area contributed by atoms with Crippen LogP contribution < -0.4 is 5.73 Å². The molecule has 1 amide bonds. The lowest BCUT2D eigenvalue weighted by atomic mass is 9.86. The Kier molecular flexibility index (Phi) is 2.11. The zero-order valence-electron chi connectivity index (χ0n) is 10.1. The summed E-state index contributed by atoms with van der Waals surface area (Å²) in [6.07, 6.45) is 2.19. The molecule has 1 saturated carbocycles. The van der Waals surface area contributed by atoms with E-state index in [0.29, 0.717) is 6.54 Å². The van der Waals surface area contributed by atoms with E-state index < -0.39 is 5.54 Å². The highest BCUT2D eigenvalue weighted by molar-refractivity contribution is 5.90. The van der Waals surface area contributed by atoms with Crippen molar-refractivity contribution in [1.82, 2.24) is 4.90 Å². The van der Waals surface area contributed by atoms with E-state index in [1.807, 2.05) is 30.0 Å². The van der Waals surface area contributed by atoms with Gasteiger partial charge in [-0.1, -0.05) is 30.3 Å². The number of nitrogens with zero attached hydrogens (tertiary/aromatic N) is 1. The van der Waals surface area contributed by atoms with Crippen LogP contribution in [-0.2, 0) is 11.3 Å². The summed E-state index contributed by atoms with van der Waals surface area (Å²) in [5.74, 6) is 0.110. The number of carbonyl (C=O) groups excluding carboxylic acids is 1. The summed E-state index contributed by atoms with van der Waals surface area (Å²) < 4.78 is 0. The Morgan fingerprint density at radius 1 is 1.29 bits per heavy atom. The van der Waals surface area contributed by atoms with E-state index in [1.165, 1.54) is 5.56 Å². The van der Waals surface area contributed by atoms with Crippen LogP contribution in [0.4, 0.5) is 0 Å². The van der Waals surface area contributed by atoms with Crippen molar-refractivity contribution in [2.45, 2.75) is 31.8 Å². The third-order valence-electron chi connectivity index (χ3n) is 4.40. The van der Waals surface area contributed by atoms with Gasteiger partial charge >= 0.3 is 0 Å². The average molecular weight is 230 g/mol. The lowest BCUT2D eigenvalue weighted by Gasteiger charge is -2.22. The van der Waals surface area contributed by atoms with Crippen molar-refractivity contribution in [3.63, 3.8) is 0 Å². The van der Waals surface area contributed by atoms with Gasteiger partial charge in [-0.25, -0.2) is 0 Å². The molecule has 0 radical (unpaired) electrons. The average Bonchev–Trinajstić information content (AvgIpc) is 3.07. The largest absolute Gasteiger partial charge is 0.336 e. The zero-order valence-corrected chi connectivity index (χ0v) is 10.1. The summed E-state index contributed by atoms with van der Waals surface area (Å²) in [5, 5.41) is 0. The Bertz CT molecular complexity index is 449. The van der Waals surface area contributed by atoms with Gasteiger partial charge in [-0.3, -0.25) is 4.79 Å². The van der Waals surface area contributed by atoms with Crippen LogP contribution in [0.5, 0.6) is 0 Å². The van der Waals surface area contributed by atoms with Gasteiger partial charge in [0.05, 0.1) is 0 Å². The fourth-order valence-corrected chi connectivity index (χ4v) is 2.92. The zero-order chi connectivity index (χ0) is 12.1. The fraction of sp³-hybridized carbons (Fsp3) is 0.500. The van der Waals surface area contributed by atoms with Crippen molar-refractivity contribution in [2.75, 3.05) is 6.54 Å². The third-order valence-corrected chi connectivity index (χ3v) is 4.40. The van der Waals surface area contributed by atoms with Crippen LogP contribution in [0.1, 0.15) is 25.3 Å². The monoisotopic (exact) mass is 230 g/mol. The minimum absolute atomic E-state index is 0.0683. The van der Waals surface area contributed by atoms with Crippen molar-refractivity contribution < 1.29 is 4.79 Å². The molecule has 1 atom stereocenters. The summed E-state index contributed by atoms with van der Waals surface area (Å²) in [4.78, 5) is 14.2. The molecule has 2 N–H and O–H groups in total. The molecular formula is C14H18N2O. The predicted octanol–water partition coefficient (Wildman–Crippen LogP) is 1.53. The predicted molar refractivity (Wildman–Crippen MR) is 66.1 cm³/mol. The molecule has 1 spiro atoms. The Morgan fingerprint density at radius 3 is 2.47 bits per heavy atom. The molecule has 3 heteroatoms. The summed E-state index contributed by atoms with van der Waals surface area (Å²) in [6, 6.07) is 10.1. The van der Waals surface area contributed by atoms with Crippen molar-refractivity contribution in [3.05, 3.63) is 35.9 Å². The Labute approximate surface area is 102 Å². The van der Waals surface area contributed by atoms with Gasteiger partial charge in [0.25, 0.3) is 0 Å². The highest BCUT2D eigenvalue weighted by Gasteiger charge is 2.65. The number of hydrogen-bond donors (Lipinski definition) is 1. The van der Waals surface area contributed by atoms with Crippen molar-refractivity contribution in [1.29, 1.82) is 0 Å². The molecule has 17 heavy (non-hydrogen) atoms. The Morgan fingerprint density at radius 2 is 1.94 bits per heavy atom. The molecule has 1 aromatic rings. The van der Waals surface area contributed by atoms with E-state index in [2.05, 4.69) is 12.1 Å². The first-order chi connectivity index (χ1) is 8.05. The minimum Gasteiger partial charge on any atom is -0.336 e. The SMILES string of the molecule is CC1(N)C(=O)N(Cc2ccccc2)CC12CC2. The molecule has 0 bridgehead atoms. The summed E-state index contributed by atoms with van der Waals surface area (Å²) in [5.41, 5.74) is 6.81. The van der Waals surface area contributed by atoms with Gasteiger partial charge in [-0.15, -0.1) is 0 Å². The van der Waals surface area contributed by atoms with E-state index in [-0.39, 0.29) is 11.3 Å². The Hall–Kier alpha value is -1.35. The molecule has 2 aliphatic rings. The molecule has 1 aromatic carbocycles. The third kappa shape index (κ3) is 1.49. The summed E-state index contributed by atoms with van der Waals surface area (Å²) >= 11 is 0. The van der Waals surface area contributed by atoms with Gasteiger partial charge < -0.3 is 10.6 Å². The number of hydrogen-bond acceptors (Lipinski definition) is 2. The van der Waals surface area contributed by atoms with E-state index in [0.717, 1.165) is 19.4 Å². The first kappa shape index (κ1) is 10.8. The second-order valence-electron chi connectivity index (χ2n) is 5.63. The number of nitrogens with two attached hydrogens (primary N) is 1. The van der Waals surface area contributed by atoms with E-state index in [9.17, 15) is 4.79 Å². The molecule has 0 aromatic heterocycles. The second-order valence-corrected chi connectivity index (χ2v) is 5.63. The van der Waals surface area contributed by atoms with Gasteiger partial charge in [0.1, 0.15) is 5.54 Å². The van der Waals surface area contributed by atoms with Crippen molar-refractivity contribution in [3.8, 4) is 0 Å². The molecule has 1 heterocycles. The highest BCUT2D eigenvalue weighted by Crippen LogP contribution is 2.57. The second kappa shape index (κ2) is 3.33. The van der Waals surface area contributed by atoms with Crippen LogP contribution in [0, 0.1) is 5.41 Å². The van der Waals surface area contributed by atoms with Gasteiger partial charge in [-0.05, 0) is 25.3 Å². The molecule has 1 aliphatic carbocycles. The van der Waals surface area contributed by atoms with E-state index >= 15 is 0 Å². The number of benzene rings is 1.